The van der Waals surface area contributed by atoms with Gasteiger partial charge in [0.1, 0.15) is 11.3 Å². The molecule has 180 valence electrons. The fraction of sp³-hybridized carbons (Fsp3) is 0. The Kier molecular flexibility index (Phi) is 5.49. The van der Waals surface area contributed by atoms with Crippen LogP contribution in [0.4, 0.5) is 17.1 Å². The standard InChI is InChI=1S/C36H25NO/c1-2-13-32(14-3-1)37(34-15-8-12-30(24-34)36-25-31-11-6-7-16-35(31)38-36)33-21-19-27(20-22-33)29-18-17-26-9-4-5-10-28(26)23-29/h1-25H. The van der Waals surface area contributed by atoms with Crippen LogP contribution in [0.3, 0.4) is 0 Å². The topological polar surface area (TPSA) is 16.4 Å². The molecule has 0 radical (unpaired) electrons. The van der Waals surface area contributed by atoms with E-state index in [1.807, 2.05) is 18.2 Å². The predicted octanol–water partition coefficient (Wildman–Crippen LogP) is 10.4. The van der Waals surface area contributed by atoms with Crippen LogP contribution in [0.5, 0.6) is 0 Å². The Balaban J connectivity index is 1.29. The molecule has 1 heterocycles. The number of rotatable bonds is 5. The first-order valence-corrected chi connectivity index (χ1v) is 12.9. The highest BCUT2D eigenvalue weighted by atomic mass is 16.3. The zero-order valence-electron chi connectivity index (χ0n) is 20.8. The Morgan fingerprint density at radius 1 is 0.368 bits per heavy atom. The normalized spacial score (nSPS) is 11.2. The van der Waals surface area contributed by atoms with Gasteiger partial charge in [-0.05, 0) is 76.5 Å². The number of furan rings is 1. The third kappa shape index (κ3) is 4.12. The van der Waals surface area contributed by atoms with Gasteiger partial charge < -0.3 is 9.32 Å². The summed E-state index contributed by atoms with van der Waals surface area (Å²) in [6, 6.07) is 53.2. The van der Waals surface area contributed by atoms with Crippen LogP contribution >= 0.6 is 0 Å². The van der Waals surface area contributed by atoms with Crippen molar-refractivity contribution in [1.82, 2.24) is 0 Å². The maximum Gasteiger partial charge on any atom is 0.135 e. The molecule has 2 nitrogen and oxygen atoms in total. The number of para-hydroxylation sites is 2. The van der Waals surface area contributed by atoms with Gasteiger partial charge in [-0.3, -0.25) is 0 Å². The van der Waals surface area contributed by atoms with Gasteiger partial charge in [0, 0.05) is 28.0 Å². The summed E-state index contributed by atoms with van der Waals surface area (Å²) in [6.45, 7) is 0. The van der Waals surface area contributed by atoms with Gasteiger partial charge in [0.05, 0.1) is 0 Å². The number of fused-ring (bicyclic) bond motifs is 2. The number of anilines is 3. The van der Waals surface area contributed by atoms with Crippen molar-refractivity contribution >= 4 is 38.8 Å². The Bertz CT molecular complexity index is 1830. The molecule has 0 amide bonds. The van der Waals surface area contributed by atoms with E-state index in [9.17, 15) is 0 Å². The average Bonchev–Trinajstić information content (AvgIpc) is 3.43. The summed E-state index contributed by atoms with van der Waals surface area (Å²) >= 11 is 0. The van der Waals surface area contributed by atoms with Crippen LogP contribution < -0.4 is 4.90 Å². The lowest BCUT2D eigenvalue weighted by Gasteiger charge is -2.26. The van der Waals surface area contributed by atoms with Crippen LogP contribution in [-0.2, 0) is 0 Å². The minimum absolute atomic E-state index is 0.868. The summed E-state index contributed by atoms with van der Waals surface area (Å²) in [5.74, 6) is 0.868. The van der Waals surface area contributed by atoms with Crippen LogP contribution in [0.25, 0.3) is 44.2 Å². The molecule has 0 bridgehead atoms. The van der Waals surface area contributed by atoms with Gasteiger partial charge in [0.15, 0.2) is 0 Å². The highest BCUT2D eigenvalue weighted by Gasteiger charge is 2.15. The summed E-state index contributed by atoms with van der Waals surface area (Å²) < 4.78 is 6.18. The number of hydrogen-bond donors (Lipinski definition) is 0. The Morgan fingerprint density at radius 3 is 1.84 bits per heavy atom. The lowest BCUT2D eigenvalue weighted by atomic mass is 10.0. The van der Waals surface area contributed by atoms with Crippen molar-refractivity contribution in [3.63, 3.8) is 0 Å². The molecule has 7 rings (SSSR count). The van der Waals surface area contributed by atoms with Crippen molar-refractivity contribution < 1.29 is 4.42 Å². The fourth-order valence-electron chi connectivity index (χ4n) is 5.12. The van der Waals surface area contributed by atoms with E-state index >= 15 is 0 Å². The molecule has 0 spiro atoms. The fourth-order valence-corrected chi connectivity index (χ4v) is 5.12. The Hall–Kier alpha value is -5.08. The number of nitrogens with zero attached hydrogens (tertiary/aromatic N) is 1. The van der Waals surface area contributed by atoms with Gasteiger partial charge in [-0.25, -0.2) is 0 Å². The third-order valence-corrected chi connectivity index (χ3v) is 7.04. The van der Waals surface area contributed by atoms with Gasteiger partial charge in [0.25, 0.3) is 0 Å². The van der Waals surface area contributed by atoms with Gasteiger partial charge in [-0.1, -0.05) is 97.1 Å². The van der Waals surface area contributed by atoms with E-state index < -0.39 is 0 Å². The molecule has 6 aromatic carbocycles. The molecule has 0 aliphatic carbocycles. The van der Waals surface area contributed by atoms with Gasteiger partial charge in [0.2, 0.25) is 0 Å². The van der Waals surface area contributed by atoms with Crippen LogP contribution in [0.2, 0.25) is 0 Å². The number of benzene rings is 6. The summed E-state index contributed by atoms with van der Waals surface area (Å²) in [5.41, 5.74) is 7.64. The van der Waals surface area contributed by atoms with Gasteiger partial charge in [-0.15, -0.1) is 0 Å². The first-order valence-electron chi connectivity index (χ1n) is 12.9. The molecule has 1 aromatic heterocycles. The monoisotopic (exact) mass is 487 g/mol. The van der Waals surface area contributed by atoms with Crippen LogP contribution in [0.15, 0.2) is 156 Å². The molecule has 0 saturated carbocycles. The SMILES string of the molecule is c1ccc(N(c2ccc(-c3ccc4ccccc4c3)cc2)c2cccc(-c3cc4ccccc4o3)c2)cc1. The van der Waals surface area contributed by atoms with Crippen molar-refractivity contribution in [2.24, 2.45) is 0 Å². The zero-order chi connectivity index (χ0) is 25.3. The van der Waals surface area contributed by atoms with Crippen molar-refractivity contribution in [2.45, 2.75) is 0 Å². The summed E-state index contributed by atoms with van der Waals surface area (Å²) in [7, 11) is 0. The molecule has 0 N–H and O–H groups in total. The lowest BCUT2D eigenvalue weighted by molar-refractivity contribution is 0.631. The van der Waals surface area contributed by atoms with Crippen molar-refractivity contribution in [1.29, 1.82) is 0 Å². The Morgan fingerprint density at radius 2 is 1.03 bits per heavy atom. The third-order valence-electron chi connectivity index (χ3n) is 7.04. The van der Waals surface area contributed by atoms with E-state index in [0.29, 0.717) is 0 Å². The van der Waals surface area contributed by atoms with E-state index in [-0.39, 0.29) is 0 Å². The summed E-state index contributed by atoms with van der Waals surface area (Å²) in [6.07, 6.45) is 0. The molecular formula is C36H25NO. The van der Waals surface area contributed by atoms with E-state index in [2.05, 4.69) is 138 Å². The molecule has 0 saturated heterocycles. The minimum Gasteiger partial charge on any atom is -0.456 e. The van der Waals surface area contributed by atoms with Crippen LogP contribution in [0.1, 0.15) is 0 Å². The molecular weight excluding hydrogens is 462 g/mol. The Labute approximate surface area is 222 Å². The smallest absolute Gasteiger partial charge is 0.135 e. The van der Waals surface area contributed by atoms with Crippen LogP contribution in [-0.4, -0.2) is 0 Å². The molecule has 0 unspecified atom stereocenters. The van der Waals surface area contributed by atoms with Crippen molar-refractivity contribution in [2.75, 3.05) is 4.90 Å². The lowest BCUT2D eigenvalue weighted by Crippen LogP contribution is -2.09. The quantitative estimate of drug-likeness (QED) is 0.240. The predicted molar refractivity (Wildman–Crippen MR) is 159 cm³/mol. The molecule has 7 aromatic rings. The van der Waals surface area contributed by atoms with E-state index in [1.54, 1.807) is 0 Å². The minimum atomic E-state index is 0.868. The largest absolute Gasteiger partial charge is 0.456 e. The first-order chi connectivity index (χ1) is 18.8. The maximum atomic E-state index is 6.18. The van der Waals surface area contributed by atoms with Crippen molar-refractivity contribution in [3.8, 4) is 22.5 Å². The second-order valence-electron chi connectivity index (χ2n) is 9.48. The highest BCUT2D eigenvalue weighted by Crippen LogP contribution is 2.38. The van der Waals surface area contributed by atoms with E-state index in [0.717, 1.165) is 39.4 Å². The van der Waals surface area contributed by atoms with Crippen molar-refractivity contribution in [3.05, 3.63) is 152 Å². The average molecular weight is 488 g/mol. The molecule has 0 atom stereocenters. The van der Waals surface area contributed by atoms with E-state index in [4.69, 9.17) is 4.42 Å². The second kappa shape index (κ2) is 9.42. The zero-order valence-corrected chi connectivity index (χ0v) is 20.8. The molecule has 2 heteroatoms. The molecule has 0 aliphatic heterocycles. The van der Waals surface area contributed by atoms with Gasteiger partial charge in [-0.2, -0.15) is 0 Å². The molecule has 38 heavy (non-hydrogen) atoms. The maximum absolute atomic E-state index is 6.18. The molecule has 0 aliphatic rings. The van der Waals surface area contributed by atoms with Gasteiger partial charge >= 0.3 is 0 Å². The highest BCUT2D eigenvalue weighted by molar-refractivity contribution is 5.88. The summed E-state index contributed by atoms with van der Waals surface area (Å²) in [4.78, 5) is 2.29. The molecule has 0 fully saturated rings. The second-order valence-corrected chi connectivity index (χ2v) is 9.48. The summed E-state index contributed by atoms with van der Waals surface area (Å²) in [5, 5.41) is 3.62. The first kappa shape index (κ1) is 22.1. The number of hydrogen-bond acceptors (Lipinski definition) is 2. The van der Waals surface area contributed by atoms with E-state index in [1.165, 1.54) is 21.9 Å². The van der Waals surface area contributed by atoms with Crippen LogP contribution in [0, 0.1) is 0 Å².